The summed E-state index contributed by atoms with van der Waals surface area (Å²) in [6.07, 6.45) is 4.28. The van der Waals surface area contributed by atoms with E-state index in [1.54, 1.807) is 0 Å². The van der Waals surface area contributed by atoms with Gasteiger partial charge in [0, 0.05) is 19.6 Å². The molecule has 1 unspecified atom stereocenters. The molecule has 0 aromatic rings. The van der Waals surface area contributed by atoms with Gasteiger partial charge in [0.25, 0.3) is 0 Å². The average molecular weight is 252 g/mol. The Hall–Kier alpha value is -1.33. The first-order chi connectivity index (χ1) is 8.56. The number of likely N-dealkylation sites (N-methyl/N-ethyl adjacent to an activating group) is 1. The highest BCUT2D eigenvalue weighted by atomic mass is 16.5. The molecular formula is C13H20N2O3. The van der Waals surface area contributed by atoms with E-state index in [0.29, 0.717) is 19.7 Å². The third kappa shape index (κ3) is 3.11. The van der Waals surface area contributed by atoms with Crippen LogP contribution in [-0.4, -0.2) is 67.4 Å². The number of likely N-dealkylation sites (tertiary alicyclic amines) is 1. The van der Waals surface area contributed by atoms with E-state index in [2.05, 4.69) is 17.1 Å². The van der Waals surface area contributed by atoms with Crippen LogP contribution >= 0.6 is 0 Å². The van der Waals surface area contributed by atoms with Crippen LogP contribution in [0.25, 0.3) is 0 Å². The first-order valence-electron chi connectivity index (χ1n) is 6.20. The smallest absolute Gasteiger partial charge is 0.407 e. The monoisotopic (exact) mass is 252 g/mol. The number of hydrogen-bond acceptors (Lipinski definition) is 3. The fourth-order valence-electron chi connectivity index (χ4n) is 2.21. The van der Waals surface area contributed by atoms with Crippen molar-refractivity contribution < 1.29 is 14.6 Å². The van der Waals surface area contributed by atoms with Crippen molar-refractivity contribution in [3.05, 3.63) is 23.3 Å². The van der Waals surface area contributed by atoms with Crippen molar-refractivity contribution in [3.63, 3.8) is 0 Å². The first-order valence-corrected chi connectivity index (χ1v) is 6.20. The van der Waals surface area contributed by atoms with Gasteiger partial charge in [-0.05, 0) is 31.7 Å². The van der Waals surface area contributed by atoms with Crippen LogP contribution in [0.2, 0.25) is 0 Å². The van der Waals surface area contributed by atoms with Gasteiger partial charge in [0.15, 0.2) is 0 Å². The highest BCUT2D eigenvalue weighted by Gasteiger charge is 2.28. The minimum absolute atomic E-state index is 0.0949. The molecule has 2 aliphatic rings. The van der Waals surface area contributed by atoms with Crippen LogP contribution in [0.5, 0.6) is 0 Å². The van der Waals surface area contributed by atoms with Crippen LogP contribution in [0.3, 0.4) is 0 Å². The van der Waals surface area contributed by atoms with Gasteiger partial charge in [0.05, 0.1) is 12.7 Å². The second-order valence-electron chi connectivity index (χ2n) is 5.01. The molecule has 1 atom stereocenters. The number of fused-ring (bicyclic) bond motifs is 1. The summed E-state index contributed by atoms with van der Waals surface area (Å²) in [6.45, 7) is 2.62. The summed E-state index contributed by atoms with van der Waals surface area (Å²) in [5.74, 6) is 0. The molecule has 2 rings (SSSR count). The molecule has 5 heteroatoms. The Balaban J connectivity index is 1.88. The van der Waals surface area contributed by atoms with E-state index in [1.165, 1.54) is 4.90 Å². The predicted molar refractivity (Wildman–Crippen MR) is 68.7 cm³/mol. The lowest BCUT2D eigenvalue weighted by atomic mass is 9.99. The zero-order chi connectivity index (χ0) is 13.1. The van der Waals surface area contributed by atoms with Crippen LogP contribution in [0.1, 0.15) is 6.42 Å². The molecule has 0 spiro atoms. The minimum atomic E-state index is -0.851. The van der Waals surface area contributed by atoms with E-state index in [-0.39, 0.29) is 6.10 Å². The fourth-order valence-corrected chi connectivity index (χ4v) is 2.21. The summed E-state index contributed by atoms with van der Waals surface area (Å²) in [7, 11) is 4.03. The quantitative estimate of drug-likeness (QED) is 0.816. The van der Waals surface area contributed by atoms with Crippen LogP contribution < -0.4 is 0 Å². The lowest BCUT2D eigenvalue weighted by molar-refractivity contribution is 0.0741. The summed E-state index contributed by atoms with van der Waals surface area (Å²) < 4.78 is 5.77. The normalized spacial score (nSPS) is 22.8. The molecule has 1 saturated heterocycles. The molecule has 18 heavy (non-hydrogen) atoms. The van der Waals surface area contributed by atoms with E-state index in [9.17, 15) is 4.79 Å². The van der Waals surface area contributed by atoms with Gasteiger partial charge in [-0.15, -0.1) is 0 Å². The molecule has 1 heterocycles. The highest BCUT2D eigenvalue weighted by Crippen LogP contribution is 2.28. The second kappa shape index (κ2) is 5.54. The van der Waals surface area contributed by atoms with Gasteiger partial charge in [0.1, 0.15) is 0 Å². The zero-order valence-electron chi connectivity index (χ0n) is 10.9. The maximum atomic E-state index is 10.9. The van der Waals surface area contributed by atoms with Crippen LogP contribution in [-0.2, 0) is 4.74 Å². The number of nitrogens with zero attached hydrogens (tertiary/aromatic N) is 2. The van der Waals surface area contributed by atoms with E-state index < -0.39 is 6.09 Å². The lowest BCUT2D eigenvalue weighted by Gasteiger charge is -2.19. The zero-order valence-corrected chi connectivity index (χ0v) is 10.9. The highest BCUT2D eigenvalue weighted by molar-refractivity contribution is 5.68. The Morgan fingerprint density at radius 2 is 2.22 bits per heavy atom. The van der Waals surface area contributed by atoms with Crippen molar-refractivity contribution in [2.75, 3.05) is 40.3 Å². The molecule has 0 saturated carbocycles. The number of rotatable bonds is 4. The first kappa shape index (κ1) is 13.1. The average Bonchev–Trinajstić information content (AvgIpc) is 2.71. The van der Waals surface area contributed by atoms with Crippen molar-refractivity contribution in [3.8, 4) is 0 Å². The van der Waals surface area contributed by atoms with Crippen LogP contribution in [0.15, 0.2) is 23.3 Å². The third-order valence-electron chi connectivity index (χ3n) is 3.26. The summed E-state index contributed by atoms with van der Waals surface area (Å²) in [5, 5.41) is 8.96. The topological polar surface area (TPSA) is 53.0 Å². The SMILES string of the molecule is CN(C)CCOC1C=C2CN(C(=O)O)CC2=CC1. The van der Waals surface area contributed by atoms with Gasteiger partial charge in [-0.25, -0.2) is 4.79 Å². The fraction of sp³-hybridized carbons (Fsp3) is 0.615. The number of amides is 1. The van der Waals surface area contributed by atoms with Gasteiger partial charge >= 0.3 is 6.09 Å². The van der Waals surface area contributed by atoms with Gasteiger partial charge in [-0.2, -0.15) is 0 Å². The Kier molecular flexibility index (Phi) is 4.04. The number of carbonyl (C=O) groups is 1. The summed E-state index contributed by atoms with van der Waals surface area (Å²) in [4.78, 5) is 14.4. The van der Waals surface area contributed by atoms with Crippen molar-refractivity contribution >= 4 is 6.09 Å². The molecule has 1 amide bonds. The molecule has 0 radical (unpaired) electrons. The molecule has 5 nitrogen and oxygen atoms in total. The molecule has 100 valence electrons. The number of ether oxygens (including phenoxy) is 1. The van der Waals surface area contributed by atoms with Crippen LogP contribution in [0, 0.1) is 0 Å². The van der Waals surface area contributed by atoms with E-state index in [1.807, 2.05) is 14.1 Å². The van der Waals surface area contributed by atoms with Crippen molar-refractivity contribution in [2.24, 2.45) is 0 Å². The van der Waals surface area contributed by atoms with E-state index >= 15 is 0 Å². The molecule has 1 aliphatic heterocycles. The summed E-state index contributed by atoms with van der Waals surface area (Å²) in [5.41, 5.74) is 2.25. The Bertz CT molecular complexity index is 388. The number of hydrogen-bond donors (Lipinski definition) is 1. The van der Waals surface area contributed by atoms with Crippen molar-refractivity contribution in [1.82, 2.24) is 9.80 Å². The van der Waals surface area contributed by atoms with Crippen LogP contribution in [0.4, 0.5) is 4.79 Å². The molecular weight excluding hydrogens is 232 g/mol. The molecule has 0 aromatic heterocycles. The van der Waals surface area contributed by atoms with Crippen molar-refractivity contribution in [1.29, 1.82) is 0 Å². The lowest BCUT2D eigenvalue weighted by Crippen LogP contribution is -2.25. The standard InChI is InChI=1S/C13H20N2O3/c1-14(2)5-6-18-12-4-3-10-8-15(13(16)17)9-11(10)7-12/h3,7,12H,4-6,8-9H2,1-2H3,(H,16,17). The van der Waals surface area contributed by atoms with Crippen molar-refractivity contribution in [2.45, 2.75) is 12.5 Å². The largest absolute Gasteiger partial charge is 0.465 e. The van der Waals surface area contributed by atoms with E-state index in [4.69, 9.17) is 9.84 Å². The van der Waals surface area contributed by atoms with E-state index in [0.717, 1.165) is 24.1 Å². The Morgan fingerprint density at radius 1 is 1.50 bits per heavy atom. The second-order valence-corrected chi connectivity index (χ2v) is 5.01. The predicted octanol–water partition coefficient (Wildman–Crippen LogP) is 1.18. The van der Waals surface area contributed by atoms with Gasteiger partial charge in [-0.3, -0.25) is 4.90 Å². The summed E-state index contributed by atoms with van der Waals surface area (Å²) >= 11 is 0. The minimum Gasteiger partial charge on any atom is -0.465 e. The molecule has 1 N–H and O–H groups in total. The molecule has 0 aromatic carbocycles. The molecule has 0 bridgehead atoms. The molecule has 1 aliphatic carbocycles. The Morgan fingerprint density at radius 3 is 2.89 bits per heavy atom. The van der Waals surface area contributed by atoms with Gasteiger partial charge in [-0.1, -0.05) is 12.2 Å². The van der Waals surface area contributed by atoms with Gasteiger partial charge < -0.3 is 14.7 Å². The summed E-state index contributed by atoms with van der Waals surface area (Å²) in [6, 6.07) is 0. The maximum absolute atomic E-state index is 10.9. The third-order valence-corrected chi connectivity index (χ3v) is 3.26. The van der Waals surface area contributed by atoms with Gasteiger partial charge in [0.2, 0.25) is 0 Å². The Labute approximate surface area is 107 Å². The maximum Gasteiger partial charge on any atom is 0.407 e. The molecule has 1 fully saturated rings. The number of carboxylic acid groups (broad SMARTS) is 1.